The summed E-state index contributed by atoms with van der Waals surface area (Å²) >= 11 is 0. The summed E-state index contributed by atoms with van der Waals surface area (Å²) in [5, 5.41) is 3.49. The molecule has 1 N–H and O–H groups in total. The van der Waals surface area contributed by atoms with Crippen molar-refractivity contribution in [3.63, 3.8) is 0 Å². The van der Waals surface area contributed by atoms with Crippen LogP contribution in [0.4, 0.5) is 0 Å². The molecule has 0 saturated heterocycles. The van der Waals surface area contributed by atoms with E-state index in [0.717, 1.165) is 18.7 Å². The Morgan fingerprint density at radius 1 is 1.19 bits per heavy atom. The van der Waals surface area contributed by atoms with Gasteiger partial charge in [-0.2, -0.15) is 0 Å². The van der Waals surface area contributed by atoms with Gasteiger partial charge in [-0.1, -0.05) is 32.9 Å². The maximum Gasteiger partial charge on any atom is 0.118 e. The van der Waals surface area contributed by atoms with Crippen LogP contribution in [0.2, 0.25) is 0 Å². The van der Waals surface area contributed by atoms with Crippen molar-refractivity contribution in [2.24, 2.45) is 0 Å². The molecule has 0 saturated carbocycles. The van der Waals surface area contributed by atoms with Gasteiger partial charge in [0, 0.05) is 12.6 Å². The second-order valence-electron chi connectivity index (χ2n) is 4.44. The molecule has 1 unspecified atom stereocenters. The summed E-state index contributed by atoms with van der Waals surface area (Å²) in [6, 6.07) is 8.94. The summed E-state index contributed by atoms with van der Waals surface area (Å²) in [6.45, 7) is 7.64. The highest BCUT2D eigenvalue weighted by molar-refractivity contribution is 5.29. The quantitative estimate of drug-likeness (QED) is 0.796. The predicted molar refractivity (Wildman–Crippen MR) is 69.2 cm³/mol. The zero-order chi connectivity index (χ0) is 12.0. The van der Waals surface area contributed by atoms with Crippen LogP contribution in [-0.2, 0) is 0 Å². The minimum absolute atomic E-state index is 0.548. The molecule has 0 bridgehead atoms. The molecule has 0 radical (unpaired) electrons. The van der Waals surface area contributed by atoms with E-state index in [1.54, 1.807) is 7.11 Å². The standard InChI is InChI=1S/C14H23NO/c1-5-12(10-15-11(2)3)13-6-8-14(16-4)9-7-13/h6-9,11-12,15H,5,10H2,1-4H3. The summed E-state index contributed by atoms with van der Waals surface area (Å²) in [6.07, 6.45) is 1.16. The fourth-order valence-corrected chi connectivity index (χ4v) is 1.75. The third-order valence-electron chi connectivity index (χ3n) is 2.85. The second-order valence-corrected chi connectivity index (χ2v) is 4.44. The van der Waals surface area contributed by atoms with Gasteiger partial charge in [0.1, 0.15) is 5.75 Å². The smallest absolute Gasteiger partial charge is 0.118 e. The van der Waals surface area contributed by atoms with E-state index >= 15 is 0 Å². The molecule has 0 heterocycles. The van der Waals surface area contributed by atoms with Crippen LogP contribution in [0.5, 0.6) is 5.75 Å². The first-order valence-electron chi connectivity index (χ1n) is 6.04. The van der Waals surface area contributed by atoms with E-state index in [9.17, 15) is 0 Å². The maximum absolute atomic E-state index is 5.17. The van der Waals surface area contributed by atoms with Gasteiger partial charge in [0.2, 0.25) is 0 Å². The van der Waals surface area contributed by atoms with E-state index in [2.05, 4.69) is 38.2 Å². The SMILES string of the molecule is CCC(CNC(C)C)c1ccc(OC)cc1. The largest absolute Gasteiger partial charge is 0.497 e. The lowest BCUT2D eigenvalue weighted by atomic mass is 9.96. The van der Waals surface area contributed by atoms with Crippen LogP contribution < -0.4 is 10.1 Å². The molecule has 1 aromatic rings. The molecule has 1 atom stereocenters. The predicted octanol–water partition coefficient (Wildman–Crippen LogP) is 3.19. The van der Waals surface area contributed by atoms with Crippen molar-refractivity contribution in [3.8, 4) is 5.75 Å². The van der Waals surface area contributed by atoms with Gasteiger partial charge < -0.3 is 10.1 Å². The average molecular weight is 221 g/mol. The van der Waals surface area contributed by atoms with E-state index in [0.29, 0.717) is 12.0 Å². The Hall–Kier alpha value is -1.02. The van der Waals surface area contributed by atoms with Gasteiger partial charge in [-0.15, -0.1) is 0 Å². The van der Waals surface area contributed by atoms with Crippen molar-refractivity contribution in [1.82, 2.24) is 5.32 Å². The van der Waals surface area contributed by atoms with Crippen molar-refractivity contribution in [2.75, 3.05) is 13.7 Å². The number of methoxy groups -OCH3 is 1. The number of rotatable bonds is 6. The van der Waals surface area contributed by atoms with Crippen LogP contribution in [0.3, 0.4) is 0 Å². The Bertz CT molecular complexity index is 292. The topological polar surface area (TPSA) is 21.3 Å². The monoisotopic (exact) mass is 221 g/mol. The van der Waals surface area contributed by atoms with E-state index < -0.39 is 0 Å². The molecule has 0 fully saturated rings. The molecule has 0 aliphatic heterocycles. The lowest BCUT2D eigenvalue weighted by molar-refractivity contribution is 0.414. The van der Waals surface area contributed by atoms with Gasteiger partial charge in [0.15, 0.2) is 0 Å². The Labute approximate surface area is 99.0 Å². The van der Waals surface area contributed by atoms with Gasteiger partial charge in [-0.3, -0.25) is 0 Å². The highest BCUT2D eigenvalue weighted by Crippen LogP contribution is 2.21. The van der Waals surface area contributed by atoms with Crippen molar-refractivity contribution < 1.29 is 4.74 Å². The zero-order valence-corrected chi connectivity index (χ0v) is 10.8. The normalized spacial score (nSPS) is 12.8. The van der Waals surface area contributed by atoms with Gasteiger partial charge in [0.05, 0.1) is 7.11 Å². The molecule has 2 heteroatoms. The highest BCUT2D eigenvalue weighted by Gasteiger charge is 2.09. The Morgan fingerprint density at radius 2 is 1.81 bits per heavy atom. The van der Waals surface area contributed by atoms with Crippen molar-refractivity contribution in [3.05, 3.63) is 29.8 Å². The first kappa shape index (κ1) is 13.0. The number of hydrogen-bond acceptors (Lipinski definition) is 2. The van der Waals surface area contributed by atoms with Crippen LogP contribution in [0.25, 0.3) is 0 Å². The Kier molecular flexibility index (Phi) is 5.33. The number of nitrogens with one attached hydrogen (secondary N) is 1. The van der Waals surface area contributed by atoms with E-state index in [4.69, 9.17) is 4.74 Å². The zero-order valence-electron chi connectivity index (χ0n) is 10.8. The molecule has 2 nitrogen and oxygen atoms in total. The van der Waals surface area contributed by atoms with Crippen molar-refractivity contribution >= 4 is 0 Å². The second kappa shape index (κ2) is 6.54. The molecule has 16 heavy (non-hydrogen) atoms. The fraction of sp³-hybridized carbons (Fsp3) is 0.571. The summed E-state index contributed by atoms with van der Waals surface area (Å²) < 4.78 is 5.17. The summed E-state index contributed by atoms with van der Waals surface area (Å²) in [4.78, 5) is 0. The van der Waals surface area contributed by atoms with Crippen molar-refractivity contribution in [1.29, 1.82) is 0 Å². The van der Waals surface area contributed by atoms with Crippen LogP contribution in [-0.4, -0.2) is 19.7 Å². The first-order valence-corrected chi connectivity index (χ1v) is 6.04. The molecule has 0 aliphatic rings. The number of hydrogen-bond donors (Lipinski definition) is 1. The Morgan fingerprint density at radius 3 is 2.25 bits per heavy atom. The average Bonchev–Trinajstić information content (AvgIpc) is 2.30. The summed E-state index contributed by atoms with van der Waals surface area (Å²) in [7, 11) is 1.70. The van der Waals surface area contributed by atoms with Gasteiger partial charge in [-0.25, -0.2) is 0 Å². The van der Waals surface area contributed by atoms with E-state index in [1.165, 1.54) is 5.56 Å². The molecule has 0 aliphatic carbocycles. The van der Waals surface area contributed by atoms with E-state index in [1.807, 2.05) is 12.1 Å². The molecule has 1 rings (SSSR count). The van der Waals surface area contributed by atoms with E-state index in [-0.39, 0.29) is 0 Å². The van der Waals surface area contributed by atoms with Gasteiger partial charge in [-0.05, 0) is 30.0 Å². The molecule has 0 amide bonds. The maximum atomic E-state index is 5.17. The third-order valence-corrected chi connectivity index (χ3v) is 2.85. The minimum atomic E-state index is 0.548. The third kappa shape index (κ3) is 3.86. The van der Waals surface area contributed by atoms with Gasteiger partial charge in [0.25, 0.3) is 0 Å². The molecule has 0 aromatic heterocycles. The fourth-order valence-electron chi connectivity index (χ4n) is 1.75. The molecular weight excluding hydrogens is 198 g/mol. The number of ether oxygens (including phenoxy) is 1. The molecular formula is C14H23NO. The van der Waals surface area contributed by atoms with Crippen LogP contribution in [0, 0.1) is 0 Å². The Balaban J connectivity index is 2.63. The summed E-state index contributed by atoms with van der Waals surface area (Å²) in [5.74, 6) is 1.52. The highest BCUT2D eigenvalue weighted by atomic mass is 16.5. The van der Waals surface area contributed by atoms with Crippen LogP contribution in [0.1, 0.15) is 38.7 Å². The molecule has 0 spiro atoms. The lowest BCUT2D eigenvalue weighted by Crippen LogP contribution is -2.27. The minimum Gasteiger partial charge on any atom is -0.497 e. The molecule has 90 valence electrons. The lowest BCUT2D eigenvalue weighted by Gasteiger charge is -2.18. The first-order chi connectivity index (χ1) is 7.67. The molecule has 1 aromatic carbocycles. The summed E-state index contributed by atoms with van der Waals surface area (Å²) in [5.41, 5.74) is 1.39. The number of benzene rings is 1. The van der Waals surface area contributed by atoms with Crippen LogP contribution in [0.15, 0.2) is 24.3 Å². The van der Waals surface area contributed by atoms with Gasteiger partial charge >= 0.3 is 0 Å². The van der Waals surface area contributed by atoms with Crippen LogP contribution >= 0.6 is 0 Å². The van der Waals surface area contributed by atoms with Crippen molar-refractivity contribution in [2.45, 2.75) is 39.2 Å².